The highest BCUT2D eigenvalue weighted by molar-refractivity contribution is 6.11. The molecule has 3 aromatic heterocycles. The van der Waals surface area contributed by atoms with Crippen LogP contribution in [0.25, 0.3) is 100 Å². The highest BCUT2D eigenvalue weighted by atomic mass is 15.0. The normalized spacial score (nSPS) is 11.4. The van der Waals surface area contributed by atoms with Crippen molar-refractivity contribution in [2.75, 3.05) is 0 Å². The molecule has 11 rings (SSSR count). The van der Waals surface area contributed by atoms with Gasteiger partial charge in [-0.2, -0.15) is 10.5 Å². The number of nitriles is 2. The van der Waals surface area contributed by atoms with Crippen molar-refractivity contribution in [2.45, 2.75) is 27.7 Å². The van der Waals surface area contributed by atoms with Gasteiger partial charge in [-0.3, -0.25) is 0 Å². The van der Waals surface area contributed by atoms with E-state index >= 15 is 0 Å². The molecular weight excluding hydrogens is 783 g/mol. The second-order valence-corrected chi connectivity index (χ2v) is 16.7. The molecular formula is C57H39N7. The predicted molar refractivity (Wildman–Crippen MR) is 259 cm³/mol. The van der Waals surface area contributed by atoms with Gasteiger partial charge in [0, 0.05) is 49.4 Å². The van der Waals surface area contributed by atoms with Crippen LogP contribution in [0.2, 0.25) is 0 Å². The Hall–Kier alpha value is -8.65. The van der Waals surface area contributed by atoms with Gasteiger partial charge in [0.2, 0.25) is 0 Å². The predicted octanol–water partition coefficient (Wildman–Crippen LogP) is 13.7. The van der Waals surface area contributed by atoms with Crippen molar-refractivity contribution in [1.82, 2.24) is 24.1 Å². The summed E-state index contributed by atoms with van der Waals surface area (Å²) in [5, 5.41) is 25.5. The fourth-order valence-electron chi connectivity index (χ4n) is 9.22. The van der Waals surface area contributed by atoms with Crippen LogP contribution in [0.15, 0.2) is 164 Å². The third-order valence-electron chi connectivity index (χ3n) is 12.3. The van der Waals surface area contributed by atoms with E-state index < -0.39 is 0 Å². The molecule has 0 spiro atoms. The minimum absolute atomic E-state index is 0.477. The standard InChI is InChI=1S/C57H39N7/c1-34-14-22-49-45(26-34)46-27-35(2)15-23-50(46)63(49)53-30-39(18-19-42(53)33-59)56-60-55(38-10-6-5-7-11-38)61-57(62-56)40-20-21-44(43-13-9-8-12-41(43)32-58)54(31-40)64-51-24-16-36(3)28-47(51)48-29-37(4)17-25-52(48)64/h5-31H,1-4H3. The second-order valence-electron chi connectivity index (χ2n) is 16.7. The maximum atomic E-state index is 10.6. The molecule has 0 atom stereocenters. The van der Waals surface area contributed by atoms with Crippen LogP contribution < -0.4 is 0 Å². The molecule has 0 aliphatic carbocycles. The van der Waals surface area contributed by atoms with Gasteiger partial charge in [-0.25, -0.2) is 15.0 Å². The summed E-state index contributed by atoms with van der Waals surface area (Å²) in [4.78, 5) is 15.6. The summed E-state index contributed by atoms with van der Waals surface area (Å²) in [6, 6.07) is 60.8. The minimum atomic E-state index is 0.477. The number of aryl methyl sites for hydroxylation is 4. The van der Waals surface area contributed by atoms with Gasteiger partial charge in [0.15, 0.2) is 17.5 Å². The molecule has 0 unspecified atom stereocenters. The molecule has 0 bridgehead atoms. The lowest BCUT2D eigenvalue weighted by Gasteiger charge is -2.17. The van der Waals surface area contributed by atoms with Crippen molar-refractivity contribution in [2.24, 2.45) is 0 Å². The van der Waals surface area contributed by atoms with Crippen LogP contribution in [0.3, 0.4) is 0 Å². The van der Waals surface area contributed by atoms with Crippen molar-refractivity contribution in [3.05, 3.63) is 197 Å². The first-order valence-electron chi connectivity index (χ1n) is 21.3. The van der Waals surface area contributed by atoms with Crippen LogP contribution in [0.1, 0.15) is 33.4 Å². The smallest absolute Gasteiger partial charge is 0.164 e. The van der Waals surface area contributed by atoms with E-state index in [4.69, 9.17) is 15.0 Å². The van der Waals surface area contributed by atoms with Gasteiger partial charge in [-0.15, -0.1) is 0 Å². The summed E-state index contributed by atoms with van der Waals surface area (Å²) in [5.74, 6) is 1.49. The molecule has 64 heavy (non-hydrogen) atoms. The quantitative estimate of drug-likeness (QED) is 0.166. The van der Waals surface area contributed by atoms with Crippen molar-refractivity contribution in [1.29, 1.82) is 10.5 Å². The average Bonchev–Trinajstić information content (AvgIpc) is 3.81. The number of aromatic nitrogens is 5. The summed E-state index contributed by atoms with van der Waals surface area (Å²) in [6.45, 7) is 8.46. The Labute approximate surface area is 370 Å². The third kappa shape index (κ3) is 6.30. The fraction of sp³-hybridized carbons (Fsp3) is 0.0702. The maximum Gasteiger partial charge on any atom is 0.164 e. The van der Waals surface area contributed by atoms with Gasteiger partial charge >= 0.3 is 0 Å². The zero-order valence-corrected chi connectivity index (χ0v) is 35.7. The van der Waals surface area contributed by atoms with E-state index in [1.165, 1.54) is 22.3 Å². The van der Waals surface area contributed by atoms with Crippen molar-refractivity contribution in [3.63, 3.8) is 0 Å². The minimum Gasteiger partial charge on any atom is -0.309 e. The van der Waals surface area contributed by atoms with Gasteiger partial charge in [0.25, 0.3) is 0 Å². The van der Waals surface area contributed by atoms with Crippen LogP contribution in [0.5, 0.6) is 0 Å². The first kappa shape index (κ1) is 38.3. The average molecular weight is 822 g/mol. The van der Waals surface area contributed by atoms with Gasteiger partial charge in [0.05, 0.1) is 50.6 Å². The van der Waals surface area contributed by atoms with E-state index in [0.29, 0.717) is 28.6 Å². The van der Waals surface area contributed by atoms with Crippen LogP contribution in [-0.2, 0) is 0 Å². The Morgan fingerprint density at radius 1 is 0.359 bits per heavy atom. The third-order valence-corrected chi connectivity index (χ3v) is 12.3. The Bertz CT molecular complexity index is 3680. The topological polar surface area (TPSA) is 96.1 Å². The second kappa shape index (κ2) is 15.1. The summed E-state index contributed by atoms with van der Waals surface area (Å²) < 4.78 is 4.49. The van der Waals surface area contributed by atoms with Crippen molar-refractivity contribution in [3.8, 4) is 68.8 Å². The number of hydrogen-bond acceptors (Lipinski definition) is 5. The number of nitrogens with zero attached hydrogens (tertiary/aromatic N) is 7. The van der Waals surface area contributed by atoms with Crippen LogP contribution in [0, 0.1) is 50.4 Å². The van der Waals surface area contributed by atoms with Gasteiger partial charge in [-0.05, 0) is 107 Å². The molecule has 0 saturated heterocycles. The van der Waals surface area contributed by atoms with Crippen molar-refractivity contribution >= 4 is 43.6 Å². The Morgan fingerprint density at radius 3 is 1.28 bits per heavy atom. The van der Waals surface area contributed by atoms with Crippen LogP contribution in [0.4, 0.5) is 0 Å². The van der Waals surface area contributed by atoms with E-state index in [9.17, 15) is 10.5 Å². The molecule has 0 fully saturated rings. The van der Waals surface area contributed by atoms with E-state index in [1.54, 1.807) is 0 Å². The zero-order chi connectivity index (χ0) is 43.6. The summed E-state index contributed by atoms with van der Waals surface area (Å²) in [7, 11) is 0. The molecule has 0 aliphatic rings. The number of rotatable bonds is 6. The first-order chi connectivity index (χ1) is 31.3. The molecule has 302 valence electrons. The number of benzene rings is 8. The van der Waals surface area contributed by atoms with E-state index in [0.717, 1.165) is 82.8 Å². The highest BCUT2D eigenvalue weighted by Gasteiger charge is 2.22. The largest absolute Gasteiger partial charge is 0.309 e. The number of fused-ring (bicyclic) bond motifs is 6. The van der Waals surface area contributed by atoms with Gasteiger partial charge in [0.1, 0.15) is 6.07 Å². The van der Waals surface area contributed by atoms with Crippen molar-refractivity contribution < 1.29 is 0 Å². The van der Waals surface area contributed by atoms with Gasteiger partial charge in [-0.1, -0.05) is 107 Å². The SMILES string of the molecule is Cc1ccc2c(c1)c1cc(C)ccc1n2-c1cc(-c2nc(-c3ccccc3)nc(-c3ccc(-c4ccccc4C#N)c(-n4c5ccc(C)cc5c5cc(C)ccc54)c3)n2)ccc1C#N. The van der Waals surface area contributed by atoms with E-state index in [-0.39, 0.29) is 0 Å². The van der Waals surface area contributed by atoms with Crippen LogP contribution >= 0.6 is 0 Å². The van der Waals surface area contributed by atoms with Crippen LogP contribution in [-0.4, -0.2) is 24.1 Å². The Morgan fingerprint density at radius 2 is 0.781 bits per heavy atom. The molecule has 0 aliphatic heterocycles. The van der Waals surface area contributed by atoms with E-state index in [1.807, 2.05) is 78.9 Å². The molecule has 0 N–H and O–H groups in total. The first-order valence-corrected chi connectivity index (χ1v) is 21.3. The molecule has 11 aromatic rings. The monoisotopic (exact) mass is 821 g/mol. The molecule has 8 aromatic carbocycles. The van der Waals surface area contributed by atoms with E-state index in [2.05, 4.69) is 134 Å². The lowest BCUT2D eigenvalue weighted by molar-refractivity contribution is 1.07. The zero-order valence-electron chi connectivity index (χ0n) is 35.7. The molecule has 3 heterocycles. The lowest BCUT2D eigenvalue weighted by Crippen LogP contribution is -2.03. The summed E-state index contributed by atoms with van der Waals surface area (Å²) in [6.07, 6.45) is 0. The molecule has 0 saturated carbocycles. The number of hydrogen-bond donors (Lipinski definition) is 0. The Kier molecular flexibility index (Phi) is 9.01. The maximum absolute atomic E-state index is 10.6. The molecule has 0 radical (unpaired) electrons. The molecule has 7 heteroatoms. The lowest BCUT2D eigenvalue weighted by atomic mass is 9.96. The highest BCUT2D eigenvalue weighted by Crippen LogP contribution is 2.41. The summed E-state index contributed by atoms with van der Waals surface area (Å²) in [5.41, 5.74) is 15.7. The van der Waals surface area contributed by atoms with Gasteiger partial charge < -0.3 is 9.13 Å². The molecule has 0 amide bonds. The fourth-order valence-corrected chi connectivity index (χ4v) is 9.22. The molecule has 7 nitrogen and oxygen atoms in total. The summed E-state index contributed by atoms with van der Waals surface area (Å²) >= 11 is 0. The Balaban J connectivity index is 1.17.